The highest BCUT2D eigenvalue weighted by Crippen LogP contribution is 2.10. The summed E-state index contributed by atoms with van der Waals surface area (Å²) in [4.78, 5) is 12.3. The Morgan fingerprint density at radius 2 is 2.04 bits per heavy atom. The summed E-state index contributed by atoms with van der Waals surface area (Å²) in [5.41, 5.74) is 4.34. The van der Waals surface area contributed by atoms with E-state index in [1.165, 1.54) is 0 Å². The van der Waals surface area contributed by atoms with E-state index in [9.17, 15) is 4.79 Å². The van der Waals surface area contributed by atoms with Crippen molar-refractivity contribution in [3.63, 3.8) is 0 Å². The molecule has 1 amide bonds. The standard InChI is InChI=1S/C18H16N6O/c1-13-9-21-24(11-13)16-4-2-15(3-5-16)18(25)19-10-14-6-7-23-12-20-22-17(23)8-14/h2-9,11-12H,10H2,1H3,(H,19,25). The van der Waals surface area contributed by atoms with Gasteiger partial charge < -0.3 is 5.32 Å². The third kappa shape index (κ3) is 3.12. The highest BCUT2D eigenvalue weighted by Gasteiger charge is 2.07. The van der Waals surface area contributed by atoms with E-state index in [4.69, 9.17) is 0 Å². The van der Waals surface area contributed by atoms with Gasteiger partial charge in [-0.15, -0.1) is 10.2 Å². The Morgan fingerprint density at radius 3 is 2.80 bits per heavy atom. The van der Waals surface area contributed by atoms with Crippen molar-refractivity contribution >= 4 is 11.6 Å². The fourth-order valence-corrected chi connectivity index (χ4v) is 2.57. The molecule has 25 heavy (non-hydrogen) atoms. The zero-order chi connectivity index (χ0) is 17.2. The Hall–Kier alpha value is -3.48. The van der Waals surface area contributed by atoms with Crippen LogP contribution < -0.4 is 5.32 Å². The number of carbonyl (C=O) groups is 1. The summed E-state index contributed by atoms with van der Waals surface area (Å²) < 4.78 is 3.60. The second-order valence-corrected chi connectivity index (χ2v) is 5.82. The lowest BCUT2D eigenvalue weighted by Gasteiger charge is -2.07. The van der Waals surface area contributed by atoms with Gasteiger partial charge >= 0.3 is 0 Å². The average molecular weight is 332 g/mol. The van der Waals surface area contributed by atoms with Crippen LogP contribution in [-0.4, -0.2) is 30.3 Å². The van der Waals surface area contributed by atoms with Crippen molar-refractivity contribution in [3.8, 4) is 5.69 Å². The van der Waals surface area contributed by atoms with Crippen LogP contribution in [0.4, 0.5) is 0 Å². The molecule has 0 saturated carbocycles. The van der Waals surface area contributed by atoms with Crippen LogP contribution in [-0.2, 0) is 6.54 Å². The molecule has 7 heteroatoms. The van der Waals surface area contributed by atoms with Gasteiger partial charge in [0.05, 0.1) is 11.9 Å². The predicted molar refractivity (Wildman–Crippen MR) is 92.5 cm³/mol. The molecule has 124 valence electrons. The van der Waals surface area contributed by atoms with Crippen molar-refractivity contribution in [1.82, 2.24) is 29.7 Å². The highest BCUT2D eigenvalue weighted by molar-refractivity contribution is 5.94. The van der Waals surface area contributed by atoms with Gasteiger partial charge in [-0.3, -0.25) is 9.20 Å². The quantitative estimate of drug-likeness (QED) is 0.621. The molecule has 0 fully saturated rings. The van der Waals surface area contributed by atoms with Crippen LogP contribution in [0.3, 0.4) is 0 Å². The minimum atomic E-state index is -0.121. The van der Waals surface area contributed by atoms with Gasteiger partial charge in [0.25, 0.3) is 5.91 Å². The molecule has 0 unspecified atom stereocenters. The molecule has 0 aliphatic carbocycles. The first kappa shape index (κ1) is 15.1. The van der Waals surface area contributed by atoms with E-state index in [0.717, 1.165) is 22.5 Å². The molecule has 1 aromatic carbocycles. The van der Waals surface area contributed by atoms with Crippen LogP contribution in [0.2, 0.25) is 0 Å². The van der Waals surface area contributed by atoms with Crippen LogP contribution in [0, 0.1) is 6.92 Å². The molecule has 7 nitrogen and oxygen atoms in total. The average Bonchev–Trinajstić information content (AvgIpc) is 3.28. The van der Waals surface area contributed by atoms with E-state index in [2.05, 4.69) is 20.6 Å². The monoisotopic (exact) mass is 332 g/mol. The second-order valence-electron chi connectivity index (χ2n) is 5.82. The summed E-state index contributed by atoms with van der Waals surface area (Å²) in [5, 5.41) is 15.0. The Labute approximate surface area is 143 Å². The molecular weight excluding hydrogens is 316 g/mol. The Morgan fingerprint density at radius 1 is 1.20 bits per heavy atom. The maximum Gasteiger partial charge on any atom is 0.251 e. The number of benzene rings is 1. The van der Waals surface area contributed by atoms with E-state index in [1.54, 1.807) is 29.3 Å². The number of carbonyl (C=O) groups excluding carboxylic acids is 1. The largest absolute Gasteiger partial charge is 0.348 e. The third-order valence-electron chi connectivity index (χ3n) is 3.92. The van der Waals surface area contributed by atoms with Crippen LogP contribution in [0.5, 0.6) is 0 Å². The predicted octanol–water partition coefficient (Wildman–Crippen LogP) is 2.15. The summed E-state index contributed by atoms with van der Waals surface area (Å²) in [6.45, 7) is 2.42. The van der Waals surface area contributed by atoms with Crippen LogP contribution >= 0.6 is 0 Å². The van der Waals surface area contributed by atoms with Crippen molar-refractivity contribution < 1.29 is 4.79 Å². The summed E-state index contributed by atoms with van der Waals surface area (Å²) >= 11 is 0. The number of rotatable bonds is 4. The maximum absolute atomic E-state index is 12.3. The zero-order valence-corrected chi connectivity index (χ0v) is 13.6. The van der Waals surface area contributed by atoms with Gasteiger partial charge in [0.1, 0.15) is 6.33 Å². The van der Waals surface area contributed by atoms with Gasteiger partial charge in [-0.1, -0.05) is 0 Å². The zero-order valence-electron chi connectivity index (χ0n) is 13.6. The first-order valence-electron chi connectivity index (χ1n) is 7.87. The van der Waals surface area contributed by atoms with Crippen molar-refractivity contribution in [1.29, 1.82) is 0 Å². The van der Waals surface area contributed by atoms with Gasteiger partial charge in [0.15, 0.2) is 5.65 Å². The lowest BCUT2D eigenvalue weighted by Crippen LogP contribution is -2.22. The van der Waals surface area contributed by atoms with E-state index in [-0.39, 0.29) is 5.91 Å². The van der Waals surface area contributed by atoms with E-state index in [0.29, 0.717) is 12.1 Å². The molecular formula is C18H16N6O. The SMILES string of the molecule is Cc1cnn(-c2ccc(C(=O)NCc3ccn4cnnc4c3)cc2)c1. The molecule has 0 atom stereocenters. The summed E-state index contributed by atoms with van der Waals surface area (Å²) in [6, 6.07) is 11.2. The normalized spacial score (nSPS) is 10.9. The molecule has 0 aliphatic heterocycles. The third-order valence-corrected chi connectivity index (χ3v) is 3.92. The fourth-order valence-electron chi connectivity index (χ4n) is 2.57. The van der Waals surface area contributed by atoms with E-state index in [1.807, 2.05) is 48.0 Å². The first-order valence-corrected chi connectivity index (χ1v) is 7.87. The molecule has 0 bridgehead atoms. The summed E-state index contributed by atoms with van der Waals surface area (Å²) in [7, 11) is 0. The number of fused-ring (bicyclic) bond motifs is 1. The molecule has 0 saturated heterocycles. The number of nitrogens with one attached hydrogen (secondary N) is 1. The van der Waals surface area contributed by atoms with Crippen LogP contribution in [0.15, 0.2) is 61.3 Å². The molecule has 1 N–H and O–H groups in total. The van der Waals surface area contributed by atoms with E-state index < -0.39 is 0 Å². The van der Waals surface area contributed by atoms with Crippen molar-refractivity contribution in [2.75, 3.05) is 0 Å². The minimum absolute atomic E-state index is 0.121. The maximum atomic E-state index is 12.3. The number of hydrogen-bond acceptors (Lipinski definition) is 4. The lowest BCUT2D eigenvalue weighted by molar-refractivity contribution is 0.0951. The van der Waals surface area contributed by atoms with Gasteiger partial charge in [-0.25, -0.2) is 4.68 Å². The molecule has 3 aromatic heterocycles. The smallest absolute Gasteiger partial charge is 0.251 e. The number of nitrogens with zero attached hydrogens (tertiary/aromatic N) is 5. The molecule has 0 radical (unpaired) electrons. The minimum Gasteiger partial charge on any atom is -0.348 e. The number of aryl methyl sites for hydroxylation is 1. The van der Waals surface area contributed by atoms with Crippen molar-refractivity contribution in [2.45, 2.75) is 13.5 Å². The van der Waals surface area contributed by atoms with Crippen molar-refractivity contribution in [3.05, 3.63) is 78.0 Å². The summed E-state index contributed by atoms with van der Waals surface area (Å²) in [6.07, 6.45) is 7.25. The summed E-state index contributed by atoms with van der Waals surface area (Å²) in [5.74, 6) is -0.121. The van der Waals surface area contributed by atoms with E-state index >= 15 is 0 Å². The van der Waals surface area contributed by atoms with Gasteiger partial charge in [0.2, 0.25) is 0 Å². The first-order chi connectivity index (χ1) is 12.2. The molecule has 0 aliphatic rings. The number of aromatic nitrogens is 5. The van der Waals surface area contributed by atoms with Crippen LogP contribution in [0.1, 0.15) is 21.5 Å². The fraction of sp³-hybridized carbons (Fsp3) is 0.111. The molecule has 4 aromatic rings. The highest BCUT2D eigenvalue weighted by atomic mass is 16.1. The van der Waals surface area contributed by atoms with Gasteiger partial charge in [0, 0.05) is 24.5 Å². The van der Waals surface area contributed by atoms with Crippen molar-refractivity contribution in [2.24, 2.45) is 0 Å². The Balaban J connectivity index is 1.43. The lowest BCUT2D eigenvalue weighted by atomic mass is 10.2. The van der Waals surface area contributed by atoms with Gasteiger partial charge in [-0.2, -0.15) is 5.10 Å². The van der Waals surface area contributed by atoms with Crippen LogP contribution in [0.25, 0.3) is 11.3 Å². The molecule has 3 heterocycles. The Bertz CT molecular complexity index is 1030. The Kier molecular flexibility index (Phi) is 3.74. The number of amides is 1. The topological polar surface area (TPSA) is 77.1 Å². The van der Waals surface area contributed by atoms with Gasteiger partial charge in [-0.05, 0) is 54.4 Å². The number of pyridine rings is 1. The second kappa shape index (κ2) is 6.20. The molecule has 4 rings (SSSR count). The number of hydrogen-bond donors (Lipinski definition) is 1. The molecule has 0 spiro atoms.